The van der Waals surface area contributed by atoms with E-state index in [0.717, 1.165) is 0 Å². The van der Waals surface area contributed by atoms with Crippen molar-refractivity contribution in [3.05, 3.63) is 24.3 Å². The van der Waals surface area contributed by atoms with Gasteiger partial charge in [-0.1, -0.05) is 26.0 Å². The molecule has 106 valence electrons. The van der Waals surface area contributed by atoms with Crippen molar-refractivity contribution in [2.45, 2.75) is 13.8 Å². The fourth-order valence-corrected chi connectivity index (χ4v) is 1.72. The SMILES string of the molecule is COc1ccccc1N(COCC(C)C)C(=O)CCl. The van der Waals surface area contributed by atoms with Crippen LogP contribution in [0.25, 0.3) is 0 Å². The Morgan fingerprint density at radius 2 is 2.05 bits per heavy atom. The Hall–Kier alpha value is -1.26. The highest BCUT2D eigenvalue weighted by atomic mass is 35.5. The fourth-order valence-electron chi connectivity index (χ4n) is 1.58. The van der Waals surface area contributed by atoms with Gasteiger partial charge < -0.3 is 9.47 Å². The van der Waals surface area contributed by atoms with Gasteiger partial charge in [0.1, 0.15) is 18.4 Å². The number of amides is 1. The molecule has 0 aromatic heterocycles. The van der Waals surface area contributed by atoms with Gasteiger partial charge in [0.2, 0.25) is 5.91 Å². The molecule has 19 heavy (non-hydrogen) atoms. The Kier molecular flexibility index (Phi) is 6.67. The molecule has 5 heteroatoms. The van der Waals surface area contributed by atoms with Crippen molar-refractivity contribution in [3.63, 3.8) is 0 Å². The van der Waals surface area contributed by atoms with E-state index in [0.29, 0.717) is 24.0 Å². The Bertz CT molecular complexity index is 409. The molecule has 0 N–H and O–H groups in total. The quantitative estimate of drug-likeness (QED) is 0.571. The lowest BCUT2D eigenvalue weighted by Gasteiger charge is -2.24. The fraction of sp³-hybridized carbons (Fsp3) is 0.500. The van der Waals surface area contributed by atoms with Gasteiger partial charge in [0, 0.05) is 0 Å². The van der Waals surface area contributed by atoms with E-state index in [1.54, 1.807) is 13.2 Å². The molecule has 0 aliphatic carbocycles. The van der Waals surface area contributed by atoms with Gasteiger partial charge in [-0.2, -0.15) is 0 Å². The van der Waals surface area contributed by atoms with Crippen LogP contribution < -0.4 is 9.64 Å². The number of alkyl halides is 1. The predicted molar refractivity (Wildman–Crippen MR) is 76.9 cm³/mol. The zero-order valence-corrected chi connectivity index (χ0v) is 12.3. The molecule has 1 aromatic rings. The molecule has 4 nitrogen and oxygen atoms in total. The van der Waals surface area contributed by atoms with Crippen LogP contribution in [0.5, 0.6) is 5.75 Å². The van der Waals surface area contributed by atoms with E-state index in [4.69, 9.17) is 21.1 Å². The third-order valence-corrected chi connectivity index (χ3v) is 2.69. The molecule has 0 heterocycles. The van der Waals surface area contributed by atoms with E-state index in [1.165, 1.54) is 4.90 Å². The second-order valence-corrected chi connectivity index (χ2v) is 4.79. The highest BCUT2D eigenvalue weighted by Crippen LogP contribution is 2.27. The molecular formula is C14H20ClNO3. The number of para-hydroxylation sites is 2. The average Bonchev–Trinajstić information content (AvgIpc) is 2.42. The molecule has 1 rings (SSSR count). The van der Waals surface area contributed by atoms with E-state index >= 15 is 0 Å². The van der Waals surface area contributed by atoms with Crippen LogP contribution in [0.1, 0.15) is 13.8 Å². The zero-order chi connectivity index (χ0) is 14.3. The third-order valence-electron chi connectivity index (χ3n) is 2.46. The van der Waals surface area contributed by atoms with Crippen molar-refractivity contribution in [1.82, 2.24) is 0 Å². The van der Waals surface area contributed by atoms with Gasteiger partial charge >= 0.3 is 0 Å². The summed E-state index contributed by atoms with van der Waals surface area (Å²) in [6.45, 7) is 4.86. The number of ether oxygens (including phenoxy) is 2. The maximum atomic E-state index is 11.9. The number of carbonyl (C=O) groups excluding carboxylic acids is 1. The van der Waals surface area contributed by atoms with Crippen molar-refractivity contribution in [2.24, 2.45) is 5.92 Å². The highest BCUT2D eigenvalue weighted by Gasteiger charge is 2.18. The Labute approximate surface area is 119 Å². The maximum absolute atomic E-state index is 11.9. The van der Waals surface area contributed by atoms with E-state index in [2.05, 4.69) is 13.8 Å². The summed E-state index contributed by atoms with van der Waals surface area (Å²) in [6.07, 6.45) is 0. The summed E-state index contributed by atoms with van der Waals surface area (Å²) >= 11 is 5.65. The standard InChI is InChI=1S/C14H20ClNO3/c1-11(2)9-19-10-16(14(17)8-15)12-6-4-5-7-13(12)18-3/h4-7,11H,8-10H2,1-3H3. The maximum Gasteiger partial charge on any atom is 0.243 e. The van der Waals surface area contributed by atoms with E-state index in [9.17, 15) is 4.79 Å². The summed E-state index contributed by atoms with van der Waals surface area (Å²) < 4.78 is 10.8. The van der Waals surface area contributed by atoms with E-state index in [1.807, 2.05) is 18.2 Å². The average molecular weight is 286 g/mol. The lowest BCUT2D eigenvalue weighted by Crippen LogP contribution is -2.34. The number of methoxy groups -OCH3 is 1. The van der Waals surface area contributed by atoms with E-state index in [-0.39, 0.29) is 18.5 Å². The van der Waals surface area contributed by atoms with Gasteiger partial charge in [0.15, 0.2) is 0 Å². The van der Waals surface area contributed by atoms with Crippen LogP contribution in [0.2, 0.25) is 0 Å². The molecule has 0 atom stereocenters. The molecule has 0 unspecified atom stereocenters. The summed E-state index contributed by atoms with van der Waals surface area (Å²) in [5, 5.41) is 0. The van der Waals surface area contributed by atoms with Gasteiger partial charge in [-0.25, -0.2) is 0 Å². The van der Waals surface area contributed by atoms with Crippen LogP contribution in [0.4, 0.5) is 5.69 Å². The van der Waals surface area contributed by atoms with Crippen molar-refractivity contribution in [1.29, 1.82) is 0 Å². The molecule has 0 saturated heterocycles. The first-order chi connectivity index (χ1) is 9.10. The van der Waals surface area contributed by atoms with Crippen LogP contribution in [0.15, 0.2) is 24.3 Å². The lowest BCUT2D eigenvalue weighted by molar-refractivity contribution is -0.117. The smallest absolute Gasteiger partial charge is 0.243 e. The van der Waals surface area contributed by atoms with Gasteiger partial charge in [-0.15, -0.1) is 11.6 Å². The second-order valence-electron chi connectivity index (χ2n) is 4.52. The van der Waals surface area contributed by atoms with Gasteiger partial charge in [-0.05, 0) is 18.1 Å². The van der Waals surface area contributed by atoms with Gasteiger partial charge in [0.25, 0.3) is 0 Å². The summed E-state index contributed by atoms with van der Waals surface area (Å²) in [7, 11) is 1.57. The first-order valence-corrected chi connectivity index (χ1v) is 6.70. The molecule has 0 bridgehead atoms. The summed E-state index contributed by atoms with van der Waals surface area (Å²) in [5.41, 5.74) is 0.666. The Morgan fingerprint density at radius 3 is 2.63 bits per heavy atom. The molecular weight excluding hydrogens is 266 g/mol. The monoisotopic (exact) mass is 285 g/mol. The molecule has 0 aliphatic rings. The third kappa shape index (κ3) is 4.73. The number of halogens is 1. The van der Waals surface area contributed by atoms with Crippen LogP contribution in [-0.2, 0) is 9.53 Å². The normalized spacial score (nSPS) is 10.6. The minimum absolute atomic E-state index is 0.0942. The minimum atomic E-state index is -0.213. The lowest BCUT2D eigenvalue weighted by atomic mass is 10.2. The van der Waals surface area contributed by atoms with Crippen molar-refractivity contribution in [2.75, 3.05) is 31.2 Å². The zero-order valence-electron chi connectivity index (χ0n) is 11.6. The second kappa shape index (κ2) is 8.02. The van der Waals surface area contributed by atoms with Gasteiger partial charge in [-0.3, -0.25) is 9.69 Å². The summed E-state index contributed by atoms with van der Waals surface area (Å²) in [4.78, 5) is 13.4. The van der Waals surface area contributed by atoms with Crippen molar-refractivity contribution in [3.8, 4) is 5.75 Å². The molecule has 1 amide bonds. The van der Waals surface area contributed by atoms with Crippen molar-refractivity contribution < 1.29 is 14.3 Å². The first kappa shape index (κ1) is 15.8. The van der Waals surface area contributed by atoms with E-state index < -0.39 is 0 Å². The number of carbonyl (C=O) groups is 1. The van der Waals surface area contributed by atoms with Crippen LogP contribution in [0.3, 0.4) is 0 Å². The Morgan fingerprint density at radius 1 is 1.37 bits per heavy atom. The minimum Gasteiger partial charge on any atom is -0.495 e. The molecule has 0 fully saturated rings. The van der Waals surface area contributed by atoms with Gasteiger partial charge in [0.05, 0.1) is 19.4 Å². The molecule has 0 aliphatic heterocycles. The van der Waals surface area contributed by atoms with Crippen LogP contribution in [-0.4, -0.2) is 32.2 Å². The first-order valence-electron chi connectivity index (χ1n) is 6.17. The molecule has 0 radical (unpaired) electrons. The summed E-state index contributed by atoms with van der Waals surface area (Å²) in [5.74, 6) is 0.720. The molecule has 1 aromatic carbocycles. The number of benzene rings is 1. The van der Waals surface area contributed by atoms with Crippen molar-refractivity contribution >= 4 is 23.2 Å². The van der Waals surface area contributed by atoms with Crippen LogP contribution in [0, 0.1) is 5.92 Å². The molecule has 0 spiro atoms. The Balaban J connectivity index is 2.86. The summed E-state index contributed by atoms with van der Waals surface area (Å²) in [6, 6.07) is 7.30. The number of rotatable bonds is 7. The number of nitrogens with zero attached hydrogens (tertiary/aromatic N) is 1. The van der Waals surface area contributed by atoms with Crippen LogP contribution >= 0.6 is 11.6 Å². The number of anilines is 1. The molecule has 0 saturated carbocycles. The predicted octanol–water partition coefficient (Wildman–Crippen LogP) is 2.90. The number of hydrogen-bond donors (Lipinski definition) is 0. The largest absolute Gasteiger partial charge is 0.495 e. The topological polar surface area (TPSA) is 38.8 Å². The highest BCUT2D eigenvalue weighted by molar-refractivity contribution is 6.29. The number of hydrogen-bond acceptors (Lipinski definition) is 3.